The van der Waals surface area contributed by atoms with E-state index in [0.717, 1.165) is 113 Å². The second kappa shape index (κ2) is 15.6. The molecule has 0 radical (unpaired) electrons. The van der Waals surface area contributed by atoms with E-state index in [1.165, 1.54) is 0 Å². The van der Waals surface area contributed by atoms with E-state index in [9.17, 15) is 10.1 Å². The molecule has 2 fully saturated rings. The molecule has 236 valence electrons. The van der Waals surface area contributed by atoms with Crippen molar-refractivity contribution in [2.45, 2.75) is 77.5 Å². The van der Waals surface area contributed by atoms with Crippen LogP contribution < -0.4 is 15.1 Å². The smallest absolute Gasteiger partial charge is 0.271 e. The topological polar surface area (TPSA) is 119 Å². The Morgan fingerprint density at radius 3 is 2.34 bits per heavy atom. The third kappa shape index (κ3) is 7.63. The molecule has 10 nitrogen and oxygen atoms in total. The number of nitrogens with zero attached hydrogens (tertiary/aromatic N) is 5. The molecule has 2 aliphatic heterocycles. The van der Waals surface area contributed by atoms with Gasteiger partial charge in [-0.1, -0.05) is 38.3 Å². The summed E-state index contributed by atoms with van der Waals surface area (Å²) in [7, 11) is 0. The summed E-state index contributed by atoms with van der Waals surface area (Å²) in [6, 6.07) is 6.08. The van der Waals surface area contributed by atoms with Crippen LogP contribution in [0.15, 0.2) is 30.7 Å². The number of unbranched alkanes of at least 4 members (excludes halogenated alkanes) is 2. The summed E-state index contributed by atoms with van der Waals surface area (Å²) in [5.74, 6) is 0.962. The van der Waals surface area contributed by atoms with Crippen LogP contribution in [0.5, 0.6) is 0 Å². The fourth-order valence-electron chi connectivity index (χ4n) is 6.08. The first-order valence-electron chi connectivity index (χ1n) is 16.1. The van der Waals surface area contributed by atoms with Crippen molar-refractivity contribution in [1.82, 2.24) is 20.3 Å². The van der Waals surface area contributed by atoms with E-state index in [2.05, 4.69) is 50.0 Å². The van der Waals surface area contributed by atoms with Crippen molar-refractivity contribution in [2.24, 2.45) is 5.92 Å². The summed E-state index contributed by atoms with van der Waals surface area (Å²) in [6.45, 7) is 9.09. The number of aromatic nitrogens is 3. The van der Waals surface area contributed by atoms with Gasteiger partial charge in [0.05, 0.1) is 34.2 Å². The Hall–Kier alpha value is -3.39. The molecule has 3 aromatic rings. The summed E-state index contributed by atoms with van der Waals surface area (Å²) in [5.41, 5.74) is 2.76. The van der Waals surface area contributed by atoms with E-state index >= 15 is 0 Å². The highest BCUT2D eigenvalue weighted by Crippen LogP contribution is 2.35. The minimum atomic E-state index is -0.200. The van der Waals surface area contributed by atoms with Gasteiger partial charge in [-0.15, -0.1) is 0 Å². The number of rotatable bonds is 13. The number of halogens is 1. The number of aromatic amines is 1. The number of nitrogens with one attached hydrogen (secondary N) is 2. The largest absolute Gasteiger partial charge is 0.370 e. The van der Waals surface area contributed by atoms with Gasteiger partial charge < -0.3 is 29.6 Å². The van der Waals surface area contributed by atoms with E-state index in [-0.39, 0.29) is 18.2 Å². The van der Waals surface area contributed by atoms with Crippen molar-refractivity contribution < 1.29 is 14.3 Å². The molecular weight excluding hydrogens is 578 g/mol. The highest BCUT2D eigenvalue weighted by molar-refractivity contribution is 6.36. The molecule has 0 bridgehead atoms. The Bertz CT molecular complexity index is 1400. The first-order chi connectivity index (χ1) is 21.5. The Kier molecular flexibility index (Phi) is 11.3. The third-order valence-corrected chi connectivity index (χ3v) is 9.05. The number of ether oxygens (including phenoxy) is 2. The van der Waals surface area contributed by atoms with Crippen molar-refractivity contribution in [3.63, 3.8) is 0 Å². The van der Waals surface area contributed by atoms with E-state index in [1.54, 1.807) is 18.6 Å². The summed E-state index contributed by atoms with van der Waals surface area (Å²) in [5, 5.41) is 13.9. The van der Waals surface area contributed by atoms with Gasteiger partial charge in [0.25, 0.3) is 5.91 Å². The number of carbonyl (C=O) groups is 1. The second-order valence-electron chi connectivity index (χ2n) is 11.8. The number of anilines is 2. The molecule has 0 saturated carbocycles. The summed E-state index contributed by atoms with van der Waals surface area (Å²) in [6.07, 6.45) is 12.7. The highest BCUT2D eigenvalue weighted by atomic mass is 35.5. The lowest BCUT2D eigenvalue weighted by atomic mass is 9.96. The minimum absolute atomic E-state index is 0.0485. The minimum Gasteiger partial charge on any atom is -0.370 e. The lowest BCUT2D eigenvalue weighted by molar-refractivity contribution is -0.177. The maximum atomic E-state index is 13.0. The van der Waals surface area contributed by atoms with Gasteiger partial charge >= 0.3 is 0 Å². The zero-order valence-corrected chi connectivity index (χ0v) is 26.6. The number of benzene rings is 1. The predicted molar refractivity (Wildman–Crippen MR) is 173 cm³/mol. The molecule has 0 spiro atoms. The van der Waals surface area contributed by atoms with Crippen LogP contribution in [-0.2, 0) is 9.47 Å². The van der Waals surface area contributed by atoms with E-state index < -0.39 is 0 Å². The Morgan fingerprint density at radius 1 is 1.05 bits per heavy atom. The maximum absolute atomic E-state index is 13.0. The number of H-pyrrole nitrogens is 1. The van der Waals surface area contributed by atoms with Crippen LogP contribution in [0.2, 0.25) is 5.02 Å². The number of fused-ring (bicyclic) bond motifs is 1. The monoisotopic (exact) mass is 621 g/mol. The number of carbonyl (C=O) groups excluding carboxylic acids is 1. The summed E-state index contributed by atoms with van der Waals surface area (Å²) < 4.78 is 12.3. The van der Waals surface area contributed by atoms with Gasteiger partial charge in [0.1, 0.15) is 17.6 Å². The van der Waals surface area contributed by atoms with Crippen LogP contribution in [0.1, 0.15) is 81.3 Å². The normalized spacial score (nSPS) is 16.5. The summed E-state index contributed by atoms with van der Waals surface area (Å²) in [4.78, 5) is 29.8. The molecule has 2 N–H and O–H groups in total. The molecule has 11 heteroatoms. The molecule has 2 aliphatic rings. The van der Waals surface area contributed by atoms with E-state index in [4.69, 9.17) is 21.1 Å². The van der Waals surface area contributed by atoms with Gasteiger partial charge in [-0.2, -0.15) is 5.26 Å². The summed E-state index contributed by atoms with van der Waals surface area (Å²) >= 11 is 6.38. The second-order valence-corrected chi connectivity index (χ2v) is 12.2. The van der Waals surface area contributed by atoms with Crippen molar-refractivity contribution in [3.05, 3.63) is 47.0 Å². The molecule has 4 heterocycles. The number of piperidine rings is 2. The SMILES string of the molecule is CCCCOC(OCCCC)C1CCN(c2cnc(C(=O)NC3CCN(c4ccc(Cl)c5c(C#N)c[nH]c45)CC3)cn2)CC1. The number of hydrogen-bond donors (Lipinski definition) is 2. The van der Waals surface area contributed by atoms with Gasteiger partial charge in [0, 0.05) is 62.9 Å². The molecule has 2 aromatic heterocycles. The van der Waals surface area contributed by atoms with Crippen LogP contribution in [0.4, 0.5) is 11.5 Å². The molecule has 44 heavy (non-hydrogen) atoms. The fraction of sp³-hybridized carbons (Fsp3) is 0.576. The third-order valence-electron chi connectivity index (χ3n) is 8.73. The molecule has 0 atom stereocenters. The average Bonchev–Trinajstić information content (AvgIpc) is 3.50. The van der Waals surface area contributed by atoms with Crippen LogP contribution in [-0.4, -0.2) is 72.6 Å². The highest BCUT2D eigenvalue weighted by Gasteiger charge is 2.29. The molecular formula is C33H44ClN7O3. The van der Waals surface area contributed by atoms with Crippen molar-refractivity contribution in [1.29, 1.82) is 5.26 Å². The average molecular weight is 622 g/mol. The van der Waals surface area contributed by atoms with E-state index in [0.29, 0.717) is 22.2 Å². The number of nitriles is 1. The first kappa shape index (κ1) is 32.0. The van der Waals surface area contributed by atoms with Crippen LogP contribution >= 0.6 is 11.6 Å². The Morgan fingerprint density at radius 2 is 1.73 bits per heavy atom. The van der Waals surface area contributed by atoms with Gasteiger partial charge in [-0.3, -0.25) is 4.79 Å². The lowest BCUT2D eigenvalue weighted by Crippen LogP contribution is -2.45. The van der Waals surface area contributed by atoms with Gasteiger partial charge in [0.2, 0.25) is 0 Å². The molecule has 1 amide bonds. The molecule has 0 aliphatic carbocycles. The Balaban J connectivity index is 1.10. The standard InChI is InChI=1S/C33H44ClN7O3/c1-3-5-17-43-33(44-18-6-4-2)23-9-13-41(14-10-23)29-22-36-27(21-37-29)32(42)39-25-11-15-40(16-12-25)28-8-7-26(34)30-24(19-35)20-38-31(28)30/h7-8,20-23,25,33,38H,3-6,9-18H2,1-2H3,(H,39,42). The first-order valence-corrected chi connectivity index (χ1v) is 16.5. The van der Waals surface area contributed by atoms with Gasteiger partial charge in [0.15, 0.2) is 6.29 Å². The van der Waals surface area contributed by atoms with Gasteiger partial charge in [-0.05, 0) is 50.7 Å². The zero-order valence-electron chi connectivity index (χ0n) is 25.9. The van der Waals surface area contributed by atoms with Gasteiger partial charge in [-0.25, -0.2) is 9.97 Å². The number of hydrogen-bond acceptors (Lipinski definition) is 8. The van der Waals surface area contributed by atoms with E-state index in [1.807, 2.05) is 12.1 Å². The van der Waals surface area contributed by atoms with Crippen molar-refractivity contribution in [2.75, 3.05) is 49.2 Å². The van der Waals surface area contributed by atoms with Crippen molar-refractivity contribution >= 4 is 39.9 Å². The van der Waals surface area contributed by atoms with Crippen molar-refractivity contribution in [3.8, 4) is 6.07 Å². The quantitative estimate of drug-likeness (QED) is 0.175. The zero-order chi connectivity index (χ0) is 30.9. The predicted octanol–water partition coefficient (Wildman–Crippen LogP) is 6.06. The van der Waals surface area contributed by atoms with Crippen LogP contribution in [0, 0.1) is 17.2 Å². The van der Waals surface area contributed by atoms with Crippen LogP contribution in [0.3, 0.4) is 0 Å². The lowest BCUT2D eigenvalue weighted by Gasteiger charge is -2.36. The Labute approximate surface area is 265 Å². The molecule has 1 aromatic carbocycles. The number of amides is 1. The maximum Gasteiger partial charge on any atom is 0.271 e. The molecule has 2 saturated heterocycles. The molecule has 5 rings (SSSR count). The molecule has 0 unspecified atom stereocenters. The van der Waals surface area contributed by atoms with Crippen LogP contribution in [0.25, 0.3) is 10.9 Å². The fourth-order valence-corrected chi connectivity index (χ4v) is 6.34.